The molecule has 5 heteroatoms. The Morgan fingerprint density at radius 1 is 1.29 bits per heavy atom. The van der Waals surface area contributed by atoms with Crippen molar-refractivity contribution in [2.45, 2.75) is 26.7 Å². The summed E-state index contributed by atoms with van der Waals surface area (Å²) < 4.78 is 5.42. The number of amides is 1. The van der Waals surface area contributed by atoms with E-state index in [4.69, 9.17) is 4.74 Å². The van der Waals surface area contributed by atoms with Crippen molar-refractivity contribution >= 4 is 17.2 Å². The summed E-state index contributed by atoms with van der Waals surface area (Å²) in [5.74, 6) is 0.886. The average molecular weight is 304 g/mol. The first kappa shape index (κ1) is 15.5. The van der Waals surface area contributed by atoms with E-state index in [0.29, 0.717) is 19.6 Å². The topological polar surface area (TPSA) is 51.2 Å². The first-order chi connectivity index (χ1) is 10.2. The zero-order chi connectivity index (χ0) is 15.1. The Kier molecular flexibility index (Phi) is 5.75. The van der Waals surface area contributed by atoms with Gasteiger partial charge in [0.05, 0.1) is 18.7 Å². The van der Waals surface area contributed by atoms with Crippen molar-refractivity contribution in [2.24, 2.45) is 0 Å². The van der Waals surface area contributed by atoms with Crippen LogP contribution >= 0.6 is 11.3 Å². The van der Waals surface area contributed by atoms with Crippen molar-refractivity contribution in [1.29, 1.82) is 0 Å². The molecule has 0 fully saturated rings. The predicted octanol–water partition coefficient (Wildman–Crippen LogP) is 3.28. The monoisotopic (exact) mass is 304 g/mol. The van der Waals surface area contributed by atoms with Crippen molar-refractivity contribution < 1.29 is 9.53 Å². The van der Waals surface area contributed by atoms with Crippen LogP contribution < -0.4 is 10.1 Å². The minimum Gasteiger partial charge on any atom is -0.494 e. The summed E-state index contributed by atoms with van der Waals surface area (Å²) in [6.45, 7) is 5.38. The summed E-state index contributed by atoms with van der Waals surface area (Å²) in [5.41, 5.74) is 1.86. The third-order valence-corrected chi connectivity index (χ3v) is 3.82. The zero-order valence-corrected chi connectivity index (χ0v) is 13.2. The highest BCUT2D eigenvalue weighted by molar-refractivity contribution is 7.13. The van der Waals surface area contributed by atoms with Gasteiger partial charge in [0, 0.05) is 17.5 Å². The molecule has 1 heterocycles. The maximum absolute atomic E-state index is 11.7. The molecule has 0 saturated carbocycles. The Balaban J connectivity index is 2.00. The third kappa shape index (κ3) is 4.56. The fourth-order valence-corrected chi connectivity index (χ4v) is 2.70. The molecule has 0 aliphatic carbocycles. The van der Waals surface area contributed by atoms with Crippen LogP contribution in [0.3, 0.4) is 0 Å². The quantitative estimate of drug-likeness (QED) is 0.854. The first-order valence-corrected chi connectivity index (χ1v) is 8.05. The fraction of sp³-hybridized carbons (Fsp3) is 0.375. The molecule has 1 aromatic heterocycles. The molecule has 1 N–H and O–H groups in total. The second kappa shape index (κ2) is 7.78. The van der Waals surface area contributed by atoms with Gasteiger partial charge >= 0.3 is 0 Å². The second-order valence-corrected chi connectivity index (χ2v) is 5.49. The maximum atomic E-state index is 11.7. The van der Waals surface area contributed by atoms with Gasteiger partial charge in [0.25, 0.3) is 0 Å². The van der Waals surface area contributed by atoms with E-state index in [1.54, 1.807) is 11.3 Å². The lowest BCUT2D eigenvalue weighted by Crippen LogP contribution is -2.25. The lowest BCUT2D eigenvalue weighted by atomic mass is 10.2. The SMILES string of the molecule is CCCNC(=O)Cc1csc(-c2ccc(OCC)cc2)n1. The van der Waals surface area contributed by atoms with Crippen LogP contribution in [0, 0.1) is 0 Å². The van der Waals surface area contributed by atoms with E-state index in [9.17, 15) is 4.79 Å². The minimum atomic E-state index is 0.0281. The molecule has 2 rings (SSSR count). The summed E-state index contributed by atoms with van der Waals surface area (Å²) in [7, 11) is 0. The number of hydrogen-bond donors (Lipinski definition) is 1. The number of ether oxygens (including phenoxy) is 1. The van der Waals surface area contributed by atoms with Crippen LogP contribution in [0.25, 0.3) is 10.6 Å². The fourth-order valence-electron chi connectivity index (χ4n) is 1.87. The van der Waals surface area contributed by atoms with Gasteiger partial charge in [-0.15, -0.1) is 11.3 Å². The predicted molar refractivity (Wildman–Crippen MR) is 85.7 cm³/mol. The van der Waals surface area contributed by atoms with Crippen LogP contribution in [0.1, 0.15) is 26.0 Å². The largest absolute Gasteiger partial charge is 0.494 e. The van der Waals surface area contributed by atoms with Crippen LogP contribution in [0.15, 0.2) is 29.6 Å². The number of thiazole rings is 1. The van der Waals surface area contributed by atoms with Crippen LogP contribution in [-0.4, -0.2) is 24.0 Å². The number of carbonyl (C=O) groups excluding carboxylic acids is 1. The van der Waals surface area contributed by atoms with Crippen LogP contribution in [0.2, 0.25) is 0 Å². The Morgan fingerprint density at radius 2 is 2.05 bits per heavy atom. The molecule has 0 bridgehead atoms. The van der Waals surface area contributed by atoms with E-state index in [0.717, 1.165) is 28.4 Å². The molecule has 0 unspecified atom stereocenters. The zero-order valence-electron chi connectivity index (χ0n) is 12.4. The normalized spacial score (nSPS) is 10.4. The molecule has 0 spiro atoms. The number of rotatable bonds is 7. The Labute approximate surface area is 129 Å². The van der Waals surface area contributed by atoms with Crippen molar-refractivity contribution in [1.82, 2.24) is 10.3 Å². The van der Waals surface area contributed by atoms with E-state index in [1.165, 1.54) is 0 Å². The van der Waals surface area contributed by atoms with Gasteiger partial charge in [-0.3, -0.25) is 4.79 Å². The number of aromatic nitrogens is 1. The molecular formula is C16H20N2O2S. The standard InChI is InChI=1S/C16H20N2O2S/c1-3-9-17-15(19)10-13-11-21-16(18-13)12-5-7-14(8-6-12)20-4-2/h5-8,11H,3-4,9-10H2,1-2H3,(H,17,19). The molecule has 0 aliphatic rings. The molecule has 0 aliphatic heterocycles. The Bertz CT molecular complexity index is 578. The highest BCUT2D eigenvalue weighted by Gasteiger charge is 2.08. The smallest absolute Gasteiger partial charge is 0.226 e. The first-order valence-electron chi connectivity index (χ1n) is 7.17. The van der Waals surface area contributed by atoms with Crippen LogP contribution in [-0.2, 0) is 11.2 Å². The molecule has 1 aromatic carbocycles. The van der Waals surface area contributed by atoms with Crippen molar-refractivity contribution in [3.05, 3.63) is 35.3 Å². The summed E-state index contributed by atoms with van der Waals surface area (Å²) >= 11 is 1.56. The van der Waals surface area contributed by atoms with E-state index in [-0.39, 0.29) is 5.91 Å². The summed E-state index contributed by atoms with van der Waals surface area (Å²) in [6, 6.07) is 7.86. The molecule has 0 saturated heterocycles. The molecule has 21 heavy (non-hydrogen) atoms. The number of carbonyl (C=O) groups is 1. The van der Waals surface area contributed by atoms with Crippen molar-refractivity contribution in [2.75, 3.05) is 13.2 Å². The van der Waals surface area contributed by atoms with Gasteiger partial charge in [-0.2, -0.15) is 0 Å². The van der Waals surface area contributed by atoms with E-state index >= 15 is 0 Å². The molecule has 1 amide bonds. The van der Waals surface area contributed by atoms with Gasteiger partial charge in [-0.05, 0) is 37.6 Å². The minimum absolute atomic E-state index is 0.0281. The Morgan fingerprint density at radius 3 is 2.71 bits per heavy atom. The van der Waals surface area contributed by atoms with E-state index < -0.39 is 0 Å². The highest BCUT2D eigenvalue weighted by Crippen LogP contribution is 2.25. The molecule has 4 nitrogen and oxygen atoms in total. The van der Waals surface area contributed by atoms with Crippen molar-refractivity contribution in [3.8, 4) is 16.3 Å². The van der Waals surface area contributed by atoms with Crippen molar-refractivity contribution in [3.63, 3.8) is 0 Å². The van der Waals surface area contributed by atoms with Crippen LogP contribution in [0.4, 0.5) is 0 Å². The van der Waals surface area contributed by atoms with E-state index in [2.05, 4.69) is 10.3 Å². The van der Waals surface area contributed by atoms with Gasteiger partial charge < -0.3 is 10.1 Å². The highest BCUT2D eigenvalue weighted by atomic mass is 32.1. The molecular weight excluding hydrogens is 284 g/mol. The van der Waals surface area contributed by atoms with Crippen LogP contribution in [0.5, 0.6) is 5.75 Å². The number of benzene rings is 1. The maximum Gasteiger partial charge on any atom is 0.226 e. The lowest BCUT2D eigenvalue weighted by molar-refractivity contribution is -0.120. The third-order valence-electron chi connectivity index (χ3n) is 2.88. The van der Waals surface area contributed by atoms with Gasteiger partial charge in [0.2, 0.25) is 5.91 Å². The summed E-state index contributed by atoms with van der Waals surface area (Å²) in [5, 5.41) is 5.73. The second-order valence-electron chi connectivity index (χ2n) is 4.63. The number of hydrogen-bond acceptors (Lipinski definition) is 4. The molecule has 0 atom stereocenters. The summed E-state index contributed by atoms with van der Waals surface area (Å²) in [4.78, 5) is 16.2. The van der Waals surface area contributed by atoms with Gasteiger partial charge in [0.1, 0.15) is 10.8 Å². The average Bonchev–Trinajstić information content (AvgIpc) is 2.94. The lowest BCUT2D eigenvalue weighted by Gasteiger charge is -2.03. The number of nitrogens with one attached hydrogen (secondary N) is 1. The molecule has 0 radical (unpaired) electrons. The van der Waals surface area contributed by atoms with Gasteiger partial charge in [-0.1, -0.05) is 6.92 Å². The molecule has 2 aromatic rings. The summed E-state index contributed by atoms with van der Waals surface area (Å²) in [6.07, 6.45) is 1.29. The van der Waals surface area contributed by atoms with Gasteiger partial charge in [0.15, 0.2) is 0 Å². The van der Waals surface area contributed by atoms with E-state index in [1.807, 2.05) is 43.5 Å². The van der Waals surface area contributed by atoms with Gasteiger partial charge in [-0.25, -0.2) is 4.98 Å². The number of nitrogens with zero attached hydrogens (tertiary/aromatic N) is 1. The Hall–Kier alpha value is -1.88. The molecule has 112 valence electrons.